The van der Waals surface area contributed by atoms with Gasteiger partial charge in [0.05, 0.1) is 5.91 Å². The second kappa shape index (κ2) is 4.09. The summed E-state index contributed by atoms with van der Waals surface area (Å²) < 4.78 is 0. The second-order valence-electron chi connectivity index (χ2n) is 2.35. The molecule has 1 fully saturated rings. The molecule has 0 aromatic rings. The van der Waals surface area contributed by atoms with E-state index in [0.29, 0.717) is 0 Å². The van der Waals surface area contributed by atoms with Gasteiger partial charge in [-0.05, 0) is 12.8 Å². The Hall–Kier alpha value is 0.210. The van der Waals surface area contributed by atoms with E-state index in [1.165, 1.54) is 0 Å². The van der Waals surface area contributed by atoms with Crippen LogP contribution in [0.15, 0.2) is 0 Å². The van der Waals surface area contributed by atoms with Crippen molar-refractivity contribution in [3.05, 3.63) is 5.73 Å². The molecule has 3 heteroatoms. The summed E-state index contributed by atoms with van der Waals surface area (Å²) in [6.07, 6.45) is 4.22. The summed E-state index contributed by atoms with van der Waals surface area (Å²) >= 11 is 0. The van der Waals surface area contributed by atoms with E-state index in [9.17, 15) is 4.79 Å². The summed E-state index contributed by atoms with van der Waals surface area (Å²) in [7, 11) is 0. The molecule has 1 N–H and O–H groups in total. The van der Waals surface area contributed by atoms with Crippen molar-refractivity contribution in [2.75, 3.05) is 0 Å². The van der Waals surface area contributed by atoms with Crippen LogP contribution in [0.25, 0.3) is 5.73 Å². The van der Waals surface area contributed by atoms with Crippen molar-refractivity contribution in [1.82, 2.24) is 0 Å². The van der Waals surface area contributed by atoms with Crippen LogP contribution in [-0.4, -0.2) is 5.91 Å². The quantitative estimate of drug-likeness (QED) is 0.620. The fourth-order valence-electron chi connectivity index (χ4n) is 1.19. The minimum atomic E-state index is -0.359. The summed E-state index contributed by atoms with van der Waals surface area (Å²) in [6, 6.07) is 0. The molecule has 0 radical (unpaired) electrons. The van der Waals surface area contributed by atoms with Gasteiger partial charge in [0.1, 0.15) is 0 Å². The third kappa shape index (κ3) is 2.52. The van der Waals surface area contributed by atoms with Gasteiger partial charge in [-0.15, -0.1) is 0 Å². The number of carbonyl (C=O) groups is 1. The van der Waals surface area contributed by atoms with Gasteiger partial charge >= 0.3 is 22.4 Å². The molecule has 0 spiro atoms. The van der Waals surface area contributed by atoms with Gasteiger partial charge in [0.2, 0.25) is 0 Å². The van der Waals surface area contributed by atoms with Crippen molar-refractivity contribution in [3.63, 3.8) is 0 Å². The first kappa shape index (κ1) is 9.21. The molecule has 1 rings (SSSR count). The van der Waals surface area contributed by atoms with Crippen molar-refractivity contribution in [1.29, 1.82) is 0 Å². The fourth-order valence-corrected chi connectivity index (χ4v) is 1.19. The van der Waals surface area contributed by atoms with Gasteiger partial charge in [-0.2, -0.15) is 0 Å². The second-order valence-corrected chi connectivity index (χ2v) is 2.35. The van der Waals surface area contributed by atoms with Crippen LogP contribution in [0.5, 0.6) is 0 Å². The zero-order valence-corrected chi connectivity index (χ0v) is 6.60. The number of hydrogen-bond donors (Lipinski definition) is 0. The van der Waals surface area contributed by atoms with Crippen LogP contribution in [0.4, 0.5) is 0 Å². The van der Waals surface area contributed by atoms with Crippen LogP contribution < -0.4 is 0 Å². The predicted molar refractivity (Wildman–Crippen MR) is 31.3 cm³/mol. The molecule has 1 aliphatic carbocycles. The van der Waals surface area contributed by atoms with E-state index < -0.39 is 0 Å². The maximum Gasteiger partial charge on any atom is 1.00 e. The number of carbonyl (C=O) groups excluding carboxylic acids is 1. The molecule has 0 aromatic heterocycles. The molecule has 0 heterocycles. The van der Waals surface area contributed by atoms with Gasteiger partial charge in [-0.1, -0.05) is 12.8 Å². The molecule has 0 aliphatic heterocycles. The molecule has 1 saturated carbocycles. The molecule has 0 unspecified atom stereocenters. The summed E-state index contributed by atoms with van der Waals surface area (Å²) in [6.45, 7) is 0. The topological polar surface area (TPSA) is 40.9 Å². The number of nitrogens with one attached hydrogen (secondary N) is 1. The first-order valence-electron chi connectivity index (χ1n) is 3.06. The Balaban J connectivity index is 0.000000640. The Morgan fingerprint density at radius 3 is 2.00 bits per heavy atom. The Kier molecular flexibility index (Phi) is 4.19. The van der Waals surface area contributed by atoms with E-state index in [-0.39, 0.29) is 34.2 Å². The smallest absolute Gasteiger partial charge is 0.668 e. The van der Waals surface area contributed by atoms with Gasteiger partial charge < -0.3 is 10.5 Å². The zero-order valence-electron chi connectivity index (χ0n) is 5.12. The van der Waals surface area contributed by atoms with Crippen LogP contribution in [-0.2, 0) is 27.2 Å². The number of hydrogen-bond acceptors (Lipinski definition) is 1. The van der Waals surface area contributed by atoms with Crippen LogP contribution in [0, 0.1) is 5.92 Å². The molecular formula is C6H10AgNO. The molecule has 9 heavy (non-hydrogen) atoms. The summed E-state index contributed by atoms with van der Waals surface area (Å²) in [5.41, 5.74) is 6.74. The van der Waals surface area contributed by atoms with Gasteiger partial charge in [-0.3, -0.25) is 0 Å². The molecule has 0 bridgehead atoms. The van der Waals surface area contributed by atoms with E-state index in [1.807, 2.05) is 0 Å². The molecule has 2 nitrogen and oxygen atoms in total. The first-order valence-corrected chi connectivity index (χ1v) is 3.06. The Morgan fingerprint density at radius 2 is 1.78 bits per heavy atom. The largest absolute Gasteiger partial charge is 1.00 e. The predicted octanol–water partition coefficient (Wildman–Crippen LogP) is 1.75. The van der Waals surface area contributed by atoms with Gasteiger partial charge in [-0.25, -0.2) is 0 Å². The Bertz CT molecular complexity index is 99.2. The Labute approximate surface area is 70.7 Å². The third-order valence-electron chi connectivity index (χ3n) is 1.73. The molecule has 1 aliphatic rings. The summed E-state index contributed by atoms with van der Waals surface area (Å²) in [5.74, 6) is -0.266. The maximum absolute atomic E-state index is 10.3. The van der Waals surface area contributed by atoms with Crippen molar-refractivity contribution in [2.45, 2.75) is 25.7 Å². The van der Waals surface area contributed by atoms with E-state index in [1.54, 1.807) is 0 Å². The van der Waals surface area contributed by atoms with E-state index in [4.69, 9.17) is 5.73 Å². The number of amides is 1. The molecular weight excluding hydrogens is 210 g/mol. The van der Waals surface area contributed by atoms with E-state index in [2.05, 4.69) is 0 Å². The van der Waals surface area contributed by atoms with E-state index in [0.717, 1.165) is 25.7 Å². The molecule has 0 aromatic carbocycles. The van der Waals surface area contributed by atoms with Crippen molar-refractivity contribution >= 4 is 5.91 Å². The van der Waals surface area contributed by atoms with Crippen LogP contribution in [0.1, 0.15) is 25.7 Å². The molecule has 0 saturated heterocycles. The minimum absolute atomic E-state index is 0. The minimum Gasteiger partial charge on any atom is -0.668 e. The monoisotopic (exact) mass is 219 g/mol. The van der Waals surface area contributed by atoms with Crippen LogP contribution >= 0.6 is 0 Å². The normalized spacial score (nSPS) is 19.1. The van der Waals surface area contributed by atoms with Gasteiger partial charge in [0.15, 0.2) is 0 Å². The summed E-state index contributed by atoms with van der Waals surface area (Å²) in [5, 5.41) is 0. The average Bonchev–Trinajstić information content (AvgIpc) is 2.12. The fraction of sp³-hybridized carbons (Fsp3) is 0.833. The van der Waals surface area contributed by atoms with Gasteiger partial charge in [0.25, 0.3) is 0 Å². The number of rotatable bonds is 1. The standard InChI is InChI=1S/C6H11NO.Ag/c7-6(8)5-3-1-2-4-5;/h5H,1-4H2,(H2,7,8);/q;+1/p-1. The Morgan fingerprint density at radius 1 is 1.33 bits per heavy atom. The third-order valence-corrected chi connectivity index (χ3v) is 1.73. The molecule has 56 valence electrons. The zero-order chi connectivity index (χ0) is 5.98. The van der Waals surface area contributed by atoms with Crippen LogP contribution in [0.3, 0.4) is 0 Å². The van der Waals surface area contributed by atoms with Crippen LogP contribution in [0.2, 0.25) is 0 Å². The first-order chi connectivity index (χ1) is 3.80. The molecule has 0 atom stereocenters. The molecule has 1 amide bonds. The average molecular weight is 220 g/mol. The van der Waals surface area contributed by atoms with E-state index >= 15 is 0 Å². The van der Waals surface area contributed by atoms with Gasteiger partial charge in [0, 0.05) is 5.92 Å². The SMILES string of the molecule is [Ag+].[NH-]C(=O)C1CCCC1. The van der Waals surface area contributed by atoms with Crippen molar-refractivity contribution in [2.24, 2.45) is 5.92 Å². The summed E-state index contributed by atoms with van der Waals surface area (Å²) in [4.78, 5) is 10.3. The maximum atomic E-state index is 10.3. The van der Waals surface area contributed by atoms with Crippen molar-refractivity contribution in [3.8, 4) is 0 Å². The van der Waals surface area contributed by atoms with Crippen molar-refractivity contribution < 1.29 is 27.2 Å².